The molecule has 1 aliphatic heterocycles. The van der Waals surface area contributed by atoms with E-state index in [2.05, 4.69) is 0 Å². The first-order valence-corrected chi connectivity index (χ1v) is 8.84. The Balaban J connectivity index is 1.94. The number of carbonyl (C=O) groups excluding carboxylic acids is 1. The highest BCUT2D eigenvalue weighted by Gasteiger charge is 2.53. The summed E-state index contributed by atoms with van der Waals surface area (Å²) in [6.07, 6.45) is 5.15. The molecule has 5 heteroatoms. The van der Waals surface area contributed by atoms with Crippen LogP contribution in [-0.2, 0) is 14.3 Å². The summed E-state index contributed by atoms with van der Waals surface area (Å²) < 4.78 is 5.94. The van der Waals surface area contributed by atoms with Gasteiger partial charge in [-0.3, -0.25) is 9.69 Å². The number of aliphatic carboxylic acids is 1. The number of hydrogen-bond acceptors (Lipinski definition) is 3. The summed E-state index contributed by atoms with van der Waals surface area (Å²) in [6, 6.07) is 8.74. The molecule has 1 heterocycles. The molecule has 5 nitrogen and oxygen atoms in total. The number of carbonyl (C=O) groups is 2. The van der Waals surface area contributed by atoms with E-state index in [4.69, 9.17) is 4.74 Å². The molecule has 1 aromatic carbocycles. The van der Waals surface area contributed by atoms with E-state index >= 15 is 0 Å². The zero-order valence-corrected chi connectivity index (χ0v) is 14.1. The fourth-order valence-corrected chi connectivity index (χ4v) is 4.09. The maximum absolute atomic E-state index is 13.3. The second-order valence-electron chi connectivity index (χ2n) is 6.75. The highest BCUT2D eigenvalue weighted by atomic mass is 16.5. The summed E-state index contributed by atoms with van der Waals surface area (Å²) in [7, 11) is 0. The number of nitrogens with zero attached hydrogens (tertiary/aromatic N) is 1. The fourth-order valence-electron chi connectivity index (χ4n) is 4.09. The molecule has 1 amide bonds. The van der Waals surface area contributed by atoms with E-state index in [1.807, 2.05) is 37.3 Å². The van der Waals surface area contributed by atoms with Crippen LogP contribution in [-0.4, -0.2) is 40.3 Å². The van der Waals surface area contributed by atoms with Crippen LogP contribution in [0.4, 0.5) is 0 Å². The van der Waals surface area contributed by atoms with Gasteiger partial charge in [-0.05, 0) is 37.7 Å². The Labute approximate surface area is 142 Å². The topological polar surface area (TPSA) is 66.8 Å². The van der Waals surface area contributed by atoms with Crippen LogP contribution >= 0.6 is 0 Å². The van der Waals surface area contributed by atoms with Gasteiger partial charge in [-0.1, -0.05) is 43.7 Å². The van der Waals surface area contributed by atoms with Crippen LogP contribution in [0, 0.1) is 0 Å². The molecule has 2 atom stereocenters. The smallest absolute Gasteiger partial charge is 0.328 e. The molecule has 0 aromatic heterocycles. The summed E-state index contributed by atoms with van der Waals surface area (Å²) in [5.41, 5.74) is 0.215. The van der Waals surface area contributed by atoms with Crippen LogP contribution in [0.25, 0.3) is 0 Å². The van der Waals surface area contributed by atoms with Crippen molar-refractivity contribution in [3.05, 3.63) is 35.9 Å². The number of carboxylic acids is 1. The maximum atomic E-state index is 13.3. The zero-order chi connectivity index (χ0) is 17.2. The van der Waals surface area contributed by atoms with E-state index in [1.54, 1.807) is 4.90 Å². The van der Waals surface area contributed by atoms with Crippen molar-refractivity contribution in [3.8, 4) is 0 Å². The van der Waals surface area contributed by atoms with Gasteiger partial charge < -0.3 is 9.84 Å². The van der Waals surface area contributed by atoms with Crippen molar-refractivity contribution in [2.75, 3.05) is 6.61 Å². The molecule has 1 aromatic rings. The van der Waals surface area contributed by atoms with Gasteiger partial charge in [0.1, 0.15) is 5.72 Å². The Kier molecular flexibility index (Phi) is 4.90. The van der Waals surface area contributed by atoms with E-state index in [-0.39, 0.29) is 18.4 Å². The zero-order valence-electron chi connectivity index (χ0n) is 14.1. The molecule has 1 saturated carbocycles. The molecular weight excluding hydrogens is 306 g/mol. The minimum absolute atomic E-state index is 0.0896. The van der Waals surface area contributed by atoms with E-state index in [9.17, 15) is 14.7 Å². The molecule has 3 rings (SSSR count). The van der Waals surface area contributed by atoms with Gasteiger partial charge in [-0.25, -0.2) is 4.79 Å². The first-order chi connectivity index (χ1) is 11.6. The minimum atomic E-state index is -0.978. The number of ether oxygens (including phenoxy) is 1. The van der Waals surface area contributed by atoms with E-state index < -0.39 is 17.7 Å². The molecule has 0 radical (unpaired) electrons. The van der Waals surface area contributed by atoms with Crippen molar-refractivity contribution in [2.45, 2.75) is 63.1 Å². The number of carboxylic acid groups (broad SMARTS) is 1. The van der Waals surface area contributed by atoms with Crippen LogP contribution in [0.2, 0.25) is 0 Å². The van der Waals surface area contributed by atoms with Gasteiger partial charge in [0.2, 0.25) is 5.91 Å². The first kappa shape index (κ1) is 17.0. The van der Waals surface area contributed by atoms with Crippen molar-refractivity contribution < 1.29 is 19.4 Å². The Morgan fingerprint density at radius 3 is 2.50 bits per heavy atom. The van der Waals surface area contributed by atoms with Gasteiger partial charge in [0.15, 0.2) is 6.04 Å². The van der Waals surface area contributed by atoms with E-state index in [0.29, 0.717) is 6.42 Å². The predicted octanol–water partition coefficient (Wildman–Crippen LogP) is 3.15. The number of benzene rings is 1. The fraction of sp³-hybridized carbons (Fsp3) is 0.579. The monoisotopic (exact) mass is 331 g/mol. The third kappa shape index (κ3) is 2.93. The molecule has 0 unspecified atom stereocenters. The molecule has 1 spiro atoms. The Morgan fingerprint density at radius 2 is 1.92 bits per heavy atom. The van der Waals surface area contributed by atoms with Crippen LogP contribution < -0.4 is 0 Å². The van der Waals surface area contributed by atoms with Gasteiger partial charge in [0, 0.05) is 0 Å². The molecule has 1 aliphatic carbocycles. The van der Waals surface area contributed by atoms with Crippen LogP contribution in [0.3, 0.4) is 0 Å². The lowest BCUT2D eigenvalue weighted by Gasteiger charge is -2.42. The van der Waals surface area contributed by atoms with Crippen molar-refractivity contribution in [1.82, 2.24) is 4.90 Å². The van der Waals surface area contributed by atoms with Crippen LogP contribution in [0.1, 0.15) is 56.9 Å². The van der Waals surface area contributed by atoms with E-state index in [0.717, 1.165) is 37.7 Å². The highest BCUT2D eigenvalue weighted by Crippen LogP contribution is 2.42. The average molecular weight is 331 g/mol. The third-order valence-electron chi connectivity index (χ3n) is 5.33. The summed E-state index contributed by atoms with van der Waals surface area (Å²) in [5, 5.41) is 9.60. The van der Waals surface area contributed by atoms with Crippen LogP contribution in [0.5, 0.6) is 0 Å². The number of amides is 1. The average Bonchev–Trinajstić information content (AvgIpc) is 2.96. The van der Waals surface area contributed by atoms with Crippen molar-refractivity contribution in [2.24, 2.45) is 0 Å². The SMILES string of the molecule is CC[C@@H](C(=O)N1[C@@H](C(=O)O)COC12CCCCC2)c1ccccc1. The normalized spacial score (nSPS) is 24.0. The second kappa shape index (κ2) is 6.93. The lowest BCUT2D eigenvalue weighted by atomic mass is 9.87. The van der Waals surface area contributed by atoms with Gasteiger partial charge in [-0.2, -0.15) is 0 Å². The molecule has 0 bridgehead atoms. The van der Waals surface area contributed by atoms with Crippen molar-refractivity contribution in [3.63, 3.8) is 0 Å². The predicted molar refractivity (Wildman–Crippen MR) is 89.5 cm³/mol. The standard InChI is InChI=1S/C19H25NO4/c1-2-15(14-9-5-3-6-10-14)17(21)20-16(18(22)23)13-24-19(20)11-7-4-8-12-19/h3,5-6,9-10,15-16H,2,4,7-8,11-13H2,1H3,(H,22,23)/t15-,16-/m1/s1. The van der Waals surface area contributed by atoms with Crippen LogP contribution in [0.15, 0.2) is 30.3 Å². The Hall–Kier alpha value is -1.88. The minimum Gasteiger partial charge on any atom is -0.480 e. The summed E-state index contributed by atoms with van der Waals surface area (Å²) in [5.74, 6) is -1.42. The molecule has 1 saturated heterocycles. The van der Waals surface area contributed by atoms with Crippen molar-refractivity contribution >= 4 is 11.9 Å². The molecule has 24 heavy (non-hydrogen) atoms. The molecule has 2 aliphatic rings. The largest absolute Gasteiger partial charge is 0.480 e. The van der Waals surface area contributed by atoms with Gasteiger partial charge >= 0.3 is 5.97 Å². The third-order valence-corrected chi connectivity index (χ3v) is 5.33. The maximum Gasteiger partial charge on any atom is 0.328 e. The Morgan fingerprint density at radius 1 is 1.25 bits per heavy atom. The van der Waals surface area contributed by atoms with Crippen molar-refractivity contribution in [1.29, 1.82) is 0 Å². The molecule has 2 fully saturated rings. The Bertz CT molecular complexity index is 595. The van der Waals surface area contributed by atoms with Gasteiger partial charge in [0.25, 0.3) is 0 Å². The number of hydrogen-bond donors (Lipinski definition) is 1. The molecule has 130 valence electrons. The van der Waals surface area contributed by atoms with Gasteiger partial charge in [-0.15, -0.1) is 0 Å². The molecule has 1 N–H and O–H groups in total. The lowest BCUT2D eigenvalue weighted by Crippen LogP contribution is -2.55. The quantitative estimate of drug-likeness (QED) is 0.920. The number of rotatable bonds is 4. The summed E-state index contributed by atoms with van der Waals surface area (Å²) in [4.78, 5) is 26.6. The summed E-state index contributed by atoms with van der Waals surface area (Å²) in [6.45, 7) is 2.06. The first-order valence-electron chi connectivity index (χ1n) is 8.84. The summed E-state index contributed by atoms with van der Waals surface area (Å²) >= 11 is 0. The second-order valence-corrected chi connectivity index (χ2v) is 6.75. The highest BCUT2D eigenvalue weighted by molar-refractivity contribution is 5.89. The lowest BCUT2D eigenvalue weighted by molar-refractivity contribution is -0.164. The van der Waals surface area contributed by atoms with Gasteiger partial charge in [0.05, 0.1) is 12.5 Å². The van der Waals surface area contributed by atoms with E-state index in [1.165, 1.54) is 0 Å². The molecular formula is C19H25NO4.